The fraction of sp³-hybridized carbons (Fsp3) is 0.400. The van der Waals surface area contributed by atoms with Gasteiger partial charge in [-0.05, 0) is 24.6 Å². The maximum Gasteiger partial charge on any atom is 0.106 e. The van der Waals surface area contributed by atoms with Gasteiger partial charge < -0.3 is 4.74 Å². The third-order valence-electron chi connectivity index (χ3n) is 2.20. The van der Waals surface area contributed by atoms with E-state index in [0.29, 0.717) is 0 Å². The second-order valence-corrected chi connectivity index (χ2v) is 3.66. The van der Waals surface area contributed by atoms with Crippen LogP contribution in [0.1, 0.15) is 18.6 Å². The molecule has 0 aromatic heterocycles. The van der Waals surface area contributed by atoms with Gasteiger partial charge in [-0.2, -0.15) is 0 Å². The summed E-state index contributed by atoms with van der Waals surface area (Å²) in [5.74, 6) is 0. The summed E-state index contributed by atoms with van der Waals surface area (Å²) >= 11 is 5.79. The van der Waals surface area contributed by atoms with Crippen molar-refractivity contribution in [1.29, 1.82) is 0 Å². The summed E-state index contributed by atoms with van der Waals surface area (Å²) in [4.78, 5) is 0. The molecule has 0 aliphatic carbocycles. The Hall–Kier alpha value is -0.570. The molecule has 0 saturated carbocycles. The minimum atomic E-state index is 0.153. The molecule has 2 atom stereocenters. The zero-order valence-corrected chi connectivity index (χ0v) is 8.21. The van der Waals surface area contributed by atoms with E-state index >= 15 is 0 Å². The molecule has 1 saturated heterocycles. The molecule has 70 valence electrons. The summed E-state index contributed by atoms with van der Waals surface area (Å²) in [6.45, 7) is 2.89. The number of hydrogen-bond donors (Lipinski definition) is 1. The van der Waals surface area contributed by atoms with Gasteiger partial charge in [0, 0.05) is 11.6 Å². The van der Waals surface area contributed by atoms with Crippen LogP contribution in [-0.2, 0) is 4.74 Å². The lowest BCUT2D eigenvalue weighted by Crippen LogP contribution is -2.17. The summed E-state index contributed by atoms with van der Waals surface area (Å²) in [7, 11) is 0. The molecule has 1 fully saturated rings. The van der Waals surface area contributed by atoms with Crippen molar-refractivity contribution in [2.24, 2.45) is 0 Å². The van der Waals surface area contributed by atoms with Gasteiger partial charge in [-0.15, -0.1) is 0 Å². The standard InChI is InChI=1S/C10H12ClNO/c1-7-12-6-10(13-7)8-2-4-9(11)5-3-8/h2-5,7,10,12H,6H2,1H3. The highest BCUT2D eigenvalue weighted by Crippen LogP contribution is 2.23. The number of ether oxygens (including phenoxy) is 1. The maximum atomic E-state index is 5.79. The molecule has 1 aromatic carbocycles. The van der Waals surface area contributed by atoms with Crippen molar-refractivity contribution in [3.8, 4) is 0 Å². The summed E-state index contributed by atoms with van der Waals surface area (Å²) in [5.41, 5.74) is 1.18. The molecule has 0 spiro atoms. The first-order chi connectivity index (χ1) is 6.25. The fourth-order valence-corrected chi connectivity index (χ4v) is 1.62. The quantitative estimate of drug-likeness (QED) is 0.746. The predicted octanol–water partition coefficient (Wildman–Crippen LogP) is 2.35. The van der Waals surface area contributed by atoms with E-state index in [2.05, 4.69) is 5.32 Å². The van der Waals surface area contributed by atoms with Crippen molar-refractivity contribution in [2.75, 3.05) is 6.54 Å². The monoisotopic (exact) mass is 197 g/mol. The zero-order valence-electron chi connectivity index (χ0n) is 7.46. The van der Waals surface area contributed by atoms with Crippen LogP contribution in [-0.4, -0.2) is 12.8 Å². The summed E-state index contributed by atoms with van der Waals surface area (Å²) in [5, 5.41) is 3.99. The van der Waals surface area contributed by atoms with Gasteiger partial charge in [0.15, 0.2) is 0 Å². The first-order valence-electron chi connectivity index (χ1n) is 4.40. The van der Waals surface area contributed by atoms with E-state index in [1.165, 1.54) is 5.56 Å². The van der Waals surface area contributed by atoms with Crippen LogP contribution in [0.4, 0.5) is 0 Å². The van der Waals surface area contributed by atoms with Gasteiger partial charge in [-0.25, -0.2) is 0 Å². The summed E-state index contributed by atoms with van der Waals surface area (Å²) in [6, 6.07) is 7.80. The molecule has 1 aliphatic rings. The fourth-order valence-electron chi connectivity index (χ4n) is 1.49. The first-order valence-corrected chi connectivity index (χ1v) is 4.78. The van der Waals surface area contributed by atoms with E-state index in [-0.39, 0.29) is 12.3 Å². The van der Waals surface area contributed by atoms with Crippen molar-refractivity contribution in [3.63, 3.8) is 0 Å². The topological polar surface area (TPSA) is 21.3 Å². The Morgan fingerprint density at radius 2 is 2.08 bits per heavy atom. The zero-order chi connectivity index (χ0) is 9.26. The van der Waals surface area contributed by atoms with Gasteiger partial charge >= 0.3 is 0 Å². The molecule has 13 heavy (non-hydrogen) atoms. The Morgan fingerprint density at radius 3 is 2.62 bits per heavy atom. The van der Waals surface area contributed by atoms with Crippen LogP contribution in [0.5, 0.6) is 0 Å². The van der Waals surface area contributed by atoms with Gasteiger partial charge in [-0.3, -0.25) is 5.32 Å². The third kappa shape index (κ3) is 2.02. The van der Waals surface area contributed by atoms with Gasteiger partial charge in [0.2, 0.25) is 0 Å². The van der Waals surface area contributed by atoms with E-state index in [4.69, 9.17) is 16.3 Å². The Balaban J connectivity index is 2.13. The van der Waals surface area contributed by atoms with Crippen LogP contribution >= 0.6 is 11.6 Å². The normalized spacial score (nSPS) is 27.8. The van der Waals surface area contributed by atoms with Crippen LogP contribution < -0.4 is 5.32 Å². The largest absolute Gasteiger partial charge is 0.354 e. The molecule has 1 heterocycles. The molecule has 2 nitrogen and oxygen atoms in total. The Bertz CT molecular complexity index is 285. The first kappa shape index (κ1) is 9.00. The molecule has 0 bridgehead atoms. The van der Waals surface area contributed by atoms with Crippen LogP contribution in [0.25, 0.3) is 0 Å². The van der Waals surface area contributed by atoms with Crippen LogP contribution in [0.15, 0.2) is 24.3 Å². The molecule has 1 aromatic rings. The van der Waals surface area contributed by atoms with Gasteiger partial charge in [0.1, 0.15) is 6.23 Å². The highest BCUT2D eigenvalue weighted by Gasteiger charge is 2.21. The number of hydrogen-bond acceptors (Lipinski definition) is 2. The minimum Gasteiger partial charge on any atom is -0.354 e. The van der Waals surface area contributed by atoms with E-state index in [1.54, 1.807) is 0 Å². The molecular formula is C10H12ClNO. The lowest BCUT2D eigenvalue weighted by Gasteiger charge is -2.09. The second kappa shape index (κ2) is 3.66. The molecular weight excluding hydrogens is 186 g/mol. The van der Waals surface area contributed by atoms with Crippen LogP contribution in [0.2, 0.25) is 5.02 Å². The Morgan fingerprint density at radius 1 is 1.38 bits per heavy atom. The average Bonchev–Trinajstić information content (AvgIpc) is 2.53. The van der Waals surface area contributed by atoms with E-state index < -0.39 is 0 Å². The molecule has 0 amide bonds. The van der Waals surface area contributed by atoms with Crippen molar-refractivity contribution >= 4 is 11.6 Å². The van der Waals surface area contributed by atoms with E-state index in [1.807, 2.05) is 31.2 Å². The van der Waals surface area contributed by atoms with E-state index in [9.17, 15) is 0 Å². The molecule has 1 N–H and O–H groups in total. The minimum absolute atomic E-state index is 0.153. The van der Waals surface area contributed by atoms with Crippen molar-refractivity contribution in [2.45, 2.75) is 19.3 Å². The molecule has 2 unspecified atom stereocenters. The van der Waals surface area contributed by atoms with Crippen molar-refractivity contribution < 1.29 is 4.74 Å². The van der Waals surface area contributed by atoms with Crippen LogP contribution in [0.3, 0.4) is 0 Å². The molecule has 3 heteroatoms. The number of halogens is 1. The lowest BCUT2D eigenvalue weighted by atomic mass is 10.1. The number of benzene rings is 1. The Labute approximate surface area is 82.9 Å². The van der Waals surface area contributed by atoms with Crippen LogP contribution in [0, 0.1) is 0 Å². The third-order valence-corrected chi connectivity index (χ3v) is 2.45. The highest BCUT2D eigenvalue weighted by atomic mass is 35.5. The molecule has 0 radical (unpaired) electrons. The summed E-state index contributed by atoms with van der Waals surface area (Å²) in [6.07, 6.45) is 0.327. The van der Waals surface area contributed by atoms with Crippen molar-refractivity contribution in [1.82, 2.24) is 5.32 Å². The molecule has 1 aliphatic heterocycles. The summed E-state index contributed by atoms with van der Waals surface area (Å²) < 4.78 is 5.63. The predicted molar refractivity (Wildman–Crippen MR) is 52.7 cm³/mol. The second-order valence-electron chi connectivity index (χ2n) is 3.23. The Kier molecular flexibility index (Phi) is 2.54. The van der Waals surface area contributed by atoms with E-state index in [0.717, 1.165) is 11.6 Å². The number of rotatable bonds is 1. The van der Waals surface area contributed by atoms with Gasteiger partial charge in [-0.1, -0.05) is 23.7 Å². The smallest absolute Gasteiger partial charge is 0.106 e. The van der Waals surface area contributed by atoms with Gasteiger partial charge in [0.25, 0.3) is 0 Å². The van der Waals surface area contributed by atoms with Crippen molar-refractivity contribution in [3.05, 3.63) is 34.9 Å². The maximum absolute atomic E-state index is 5.79. The lowest BCUT2D eigenvalue weighted by molar-refractivity contribution is 0.0529. The average molecular weight is 198 g/mol. The number of nitrogens with one attached hydrogen (secondary N) is 1. The highest BCUT2D eigenvalue weighted by molar-refractivity contribution is 6.30. The molecule has 2 rings (SSSR count). The SMILES string of the molecule is CC1NCC(c2ccc(Cl)cc2)O1. The van der Waals surface area contributed by atoms with Gasteiger partial charge in [0.05, 0.1) is 6.10 Å².